The maximum absolute atomic E-state index is 12.6. The van der Waals surface area contributed by atoms with Gasteiger partial charge in [0, 0.05) is 24.7 Å². The van der Waals surface area contributed by atoms with Crippen LogP contribution in [0.3, 0.4) is 0 Å². The van der Waals surface area contributed by atoms with Crippen LogP contribution in [-0.2, 0) is 34.8 Å². The van der Waals surface area contributed by atoms with Crippen LogP contribution in [0.15, 0.2) is 53.4 Å². The van der Waals surface area contributed by atoms with Gasteiger partial charge in [-0.1, -0.05) is 37.6 Å². The van der Waals surface area contributed by atoms with E-state index in [1.54, 1.807) is 31.3 Å². The minimum Gasteiger partial charge on any atom is -0.479 e. The predicted octanol–water partition coefficient (Wildman–Crippen LogP) is 2.93. The van der Waals surface area contributed by atoms with Crippen LogP contribution in [0.5, 0.6) is 5.88 Å². The molecule has 11 heteroatoms. The number of nitrogens with one attached hydrogen (secondary N) is 1. The third kappa shape index (κ3) is 6.00. The molecule has 2 aromatic carbocycles. The van der Waals surface area contributed by atoms with Crippen molar-refractivity contribution in [3.63, 3.8) is 0 Å². The van der Waals surface area contributed by atoms with Crippen LogP contribution in [0.4, 0.5) is 5.69 Å². The second-order valence-electron chi connectivity index (χ2n) is 7.59. The lowest BCUT2D eigenvalue weighted by molar-refractivity contribution is -0.139. The summed E-state index contributed by atoms with van der Waals surface area (Å²) < 4.78 is 39.4. The second-order valence-corrected chi connectivity index (χ2v) is 8.98. The number of hydrogen-bond donors (Lipinski definition) is 3. The van der Waals surface area contributed by atoms with Crippen molar-refractivity contribution in [1.82, 2.24) is 9.78 Å². The molecular formula is C23H25N3O7S. The molecule has 1 amide bonds. The van der Waals surface area contributed by atoms with Gasteiger partial charge in [-0.25, -0.2) is 9.48 Å². The molecule has 3 rings (SSSR count). The Labute approximate surface area is 196 Å². The second kappa shape index (κ2) is 10.5. The Morgan fingerprint density at radius 3 is 2.41 bits per heavy atom. The smallest absolute Gasteiger partial charge is 0.341 e. The average molecular weight is 488 g/mol. The van der Waals surface area contributed by atoms with E-state index in [2.05, 4.69) is 10.4 Å². The van der Waals surface area contributed by atoms with Crippen molar-refractivity contribution in [2.45, 2.75) is 31.1 Å². The van der Waals surface area contributed by atoms with E-state index in [0.29, 0.717) is 24.4 Å². The Kier molecular flexibility index (Phi) is 7.69. The number of hydrogen-bond acceptors (Lipinski definition) is 6. The van der Waals surface area contributed by atoms with Crippen LogP contribution >= 0.6 is 0 Å². The van der Waals surface area contributed by atoms with Gasteiger partial charge in [0.1, 0.15) is 4.90 Å². The zero-order valence-electron chi connectivity index (χ0n) is 18.7. The fourth-order valence-corrected chi connectivity index (χ4v) is 4.21. The van der Waals surface area contributed by atoms with Crippen molar-refractivity contribution in [2.24, 2.45) is 7.05 Å². The summed E-state index contributed by atoms with van der Waals surface area (Å²) >= 11 is 0. The summed E-state index contributed by atoms with van der Waals surface area (Å²) in [4.78, 5) is 23.1. The quantitative estimate of drug-likeness (QED) is 0.370. The van der Waals surface area contributed by atoms with Gasteiger partial charge >= 0.3 is 5.97 Å². The van der Waals surface area contributed by atoms with E-state index < -0.39 is 33.5 Å². The molecule has 0 aliphatic carbocycles. The van der Waals surface area contributed by atoms with Crippen molar-refractivity contribution in [2.75, 3.05) is 11.9 Å². The molecule has 0 aliphatic rings. The Balaban J connectivity index is 1.80. The molecule has 0 fully saturated rings. The first kappa shape index (κ1) is 24.9. The highest BCUT2D eigenvalue weighted by Crippen LogP contribution is 2.27. The highest BCUT2D eigenvalue weighted by Gasteiger charge is 2.21. The molecule has 0 radical (unpaired) electrons. The van der Waals surface area contributed by atoms with E-state index in [1.807, 2.05) is 6.92 Å². The number of carbonyl (C=O) groups excluding carboxylic acids is 1. The molecule has 0 aliphatic heterocycles. The number of aryl methyl sites for hydroxylation is 2. The van der Waals surface area contributed by atoms with Gasteiger partial charge in [-0.3, -0.25) is 9.35 Å². The van der Waals surface area contributed by atoms with Gasteiger partial charge in [-0.05, 0) is 36.2 Å². The van der Waals surface area contributed by atoms with Crippen molar-refractivity contribution in [3.8, 4) is 5.88 Å². The zero-order chi connectivity index (χ0) is 24.9. The van der Waals surface area contributed by atoms with Gasteiger partial charge in [-0.2, -0.15) is 13.5 Å². The fraction of sp³-hybridized carbons (Fsp3) is 0.261. The SMILES string of the molecule is CCCc1nn(C)c(OCC(=O)O)c1Cc1ccc(NC(=O)c2ccccc2S(=O)(=O)O)cc1. The van der Waals surface area contributed by atoms with E-state index in [0.717, 1.165) is 29.3 Å². The van der Waals surface area contributed by atoms with Gasteiger partial charge in [0.05, 0.1) is 11.3 Å². The van der Waals surface area contributed by atoms with Crippen molar-refractivity contribution in [3.05, 3.63) is 70.9 Å². The molecule has 10 nitrogen and oxygen atoms in total. The summed E-state index contributed by atoms with van der Waals surface area (Å²) in [5.74, 6) is -1.37. The topological polar surface area (TPSA) is 148 Å². The normalized spacial score (nSPS) is 11.3. The monoisotopic (exact) mass is 487 g/mol. The summed E-state index contributed by atoms with van der Waals surface area (Å²) in [7, 11) is -2.85. The number of aromatic nitrogens is 2. The molecule has 3 aromatic rings. The summed E-state index contributed by atoms with van der Waals surface area (Å²) in [5, 5.41) is 16.1. The van der Waals surface area contributed by atoms with Crippen molar-refractivity contribution >= 4 is 27.7 Å². The number of carbonyl (C=O) groups is 2. The number of carboxylic acid groups (broad SMARTS) is 1. The van der Waals surface area contributed by atoms with Crippen LogP contribution in [0.25, 0.3) is 0 Å². The number of ether oxygens (including phenoxy) is 1. The first-order valence-electron chi connectivity index (χ1n) is 10.5. The lowest BCUT2D eigenvalue weighted by Crippen LogP contribution is -2.16. The van der Waals surface area contributed by atoms with E-state index in [4.69, 9.17) is 9.84 Å². The van der Waals surface area contributed by atoms with Crippen molar-refractivity contribution in [1.29, 1.82) is 0 Å². The Morgan fingerprint density at radius 2 is 1.79 bits per heavy atom. The average Bonchev–Trinajstić information content (AvgIpc) is 3.07. The predicted molar refractivity (Wildman–Crippen MR) is 124 cm³/mol. The van der Waals surface area contributed by atoms with Crippen LogP contribution in [-0.4, -0.2) is 46.3 Å². The number of nitrogens with zero attached hydrogens (tertiary/aromatic N) is 2. The van der Waals surface area contributed by atoms with Gasteiger partial charge in [0.15, 0.2) is 6.61 Å². The van der Waals surface area contributed by atoms with E-state index in [9.17, 15) is 22.6 Å². The van der Waals surface area contributed by atoms with E-state index >= 15 is 0 Å². The van der Waals surface area contributed by atoms with Crippen LogP contribution in [0, 0.1) is 0 Å². The van der Waals surface area contributed by atoms with Gasteiger partial charge in [-0.15, -0.1) is 0 Å². The van der Waals surface area contributed by atoms with Crippen LogP contribution in [0.1, 0.15) is 40.5 Å². The molecule has 1 aromatic heterocycles. The number of rotatable bonds is 10. The number of benzene rings is 2. The first-order valence-corrected chi connectivity index (χ1v) is 11.9. The standard InChI is InChI=1S/C23H25N3O7S/c1-3-6-19-18(23(26(2)25-19)33-14-21(27)28)13-15-9-11-16(12-10-15)24-22(29)17-7-4-5-8-20(17)34(30,31)32/h4-5,7-12H,3,6,13-14H2,1-2H3,(H,24,29)(H,27,28)(H,30,31,32). The van der Waals surface area contributed by atoms with Crippen LogP contribution in [0.2, 0.25) is 0 Å². The summed E-state index contributed by atoms with van der Waals surface area (Å²) in [6.07, 6.45) is 2.01. The lowest BCUT2D eigenvalue weighted by Gasteiger charge is -2.10. The maximum atomic E-state index is 12.6. The molecule has 0 saturated heterocycles. The molecule has 0 spiro atoms. The Bertz CT molecular complexity index is 1300. The summed E-state index contributed by atoms with van der Waals surface area (Å²) in [5.41, 5.74) is 2.76. The fourth-order valence-electron chi connectivity index (χ4n) is 3.52. The minimum absolute atomic E-state index is 0.172. The molecule has 0 atom stereocenters. The minimum atomic E-state index is -4.55. The third-order valence-corrected chi connectivity index (χ3v) is 5.90. The molecule has 1 heterocycles. The summed E-state index contributed by atoms with van der Waals surface area (Å²) in [6.45, 7) is 1.54. The lowest BCUT2D eigenvalue weighted by atomic mass is 10.0. The van der Waals surface area contributed by atoms with Gasteiger partial charge in [0.2, 0.25) is 5.88 Å². The molecule has 0 saturated carbocycles. The molecule has 34 heavy (non-hydrogen) atoms. The maximum Gasteiger partial charge on any atom is 0.341 e. The molecule has 180 valence electrons. The third-order valence-electron chi connectivity index (χ3n) is 4.99. The molecular weight excluding hydrogens is 462 g/mol. The van der Waals surface area contributed by atoms with Crippen molar-refractivity contribution < 1.29 is 32.4 Å². The first-order chi connectivity index (χ1) is 16.1. The molecule has 0 bridgehead atoms. The highest BCUT2D eigenvalue weighted by molar-refractivity contribution is 7.86. The molecule has 0 unspecified atom stereocenters. The highest BCUT2D eigenvalue weighted by atomic mass is 32.2. The largest absolute Gasteiger partial charge is 0.479 e. The number of anilines is 1. The Hall–Kier alpha value is -3.70. The Morgan fingerprint density at radius 1 is 1.12 bits per heavy atom. The number of aliphatic carboxylic acids is 1. The number of amides is 1. The summed E-state index contributed by atoms with van der Waals surface area (Å²) in [6, 6.07) is 12.3. The van der Waals surface area contributed by atoms with E-state index in [-0.39, 0.29) is 5.56 Å². The zero-order valence-corrected chi connectivity index (χ0v) is 19.5. The van der Waals surface area contributed by atoms with E-state index in [1.165, 1.54) is 22.9 Å². The van der Waals surface area contributed by atoms with Gasteiger partial charge in [0.25, 0.3) is 16.0 Å². The van der Waals surface area contributed by atoms with Crippen LogP contribution < -0.4 is 10.1 Å². The van der Waals surface area contributed by atoms with Gasteiger partial charge < -0.3 is 15.2 Å². The molecule has 3 N–H and O–H groups in total. The number of carboxylic acids is 1.